The van der Waals surface area contributed by atoms with Crippen LogP contribution in [0.15, 0.2) is 48.5 Å². The summed E-state index contributed by atoms with van der Waals surface area (Å²) >= 11 is 0. The van der Waals surface area contributed by atoms with Crippen molar-refractivity contribution in [3.8, 4) is 11.5 Å². The molecule has 0 saturated carbocycles. The maximum absolute atomic E-state index is 10.3. The normalized spacial score (nSPS) is 23.2. The van der Waals surface area contributed by atoms with Gasteiger partial charge >= 0.3 is 0 Å². The molecule has 4 nitrogen and oxygen atoms in total. The molecule has 3 rings (SSSR count). The van der Waals surface area contributed by atoms with Crippen molar-refractivity contribution in [2.45, 2.75) is 44.0 Å². The smallest absolute Gasteiger partial charge is 0.118 e. The molecular formula is C21H26O4. The maximum Gasteiger partial charge on any atom is 0.118 e. The lowest BCUT2D eigenvalue weighted by Gasteiger charge is -2.33. The van der Waals surface area contributed by atoms with E-state index in [2.05, 4.69) is 12.1 Å². The summed E-state index contributed by atoms with van der Waals surface area (Å²) in [6.07, 6.45) is 2.86. The SMILES string of the molecule is COc1ccc(CC[C@@H]2C[C@H](O)C[C@H](c3ccc(OC)cc3)O2)cc1. The van der Waals surface area contributed by atoms with Gasteiger partial charge in [-0.25, -0.2) is 0 Å². The third-order valence-corrected chi connectivity index (χ3v) is 4.78. The Morgan fingerprint density at radius 1 is 0.920 bits per heavy atom. The third-order valence-electron chi connectivity index (χ3n) is 4.78. The minimum atomic E-state index is -0.318. The molecule has 0 amide bonds. The molecule has 0 bridgehead atoms. The second-order valence-electron chi connectivity index (χ2n) is 6.53. The summed E-state index contributed by atoms with van der Waals surface area (Å²) in [5, 5.41) is 10.3. The summed E-state index contributed by atoms with van der Waals surface area (Å²) in [6.45, 7) is 0. The average molecular weight is 342 g/mol. The van der Waals surface area contributed by atoms with Crippen LogP contribution in [0.5, 0.6) is 11.5 Å². The van der Waals surface area contributed by atoms with Crippen LogP contribution in [0.4, 0.5) is 0 Å². The Bertz CT molecular complexity index is 651. The predicted molar refractivity (Wildman–Crippen MR) is 97.2 cm³/mol. The fourth-order valence-electron chi connectivity index (χ4n) is 3.33. The minimum Gasteiger partial charge on any atom is -0.497 e. The van der Waals surface area contributed by atoms with Crippen molar-refractivity contribution in [1.29, 1.82) is 0 Å². The Morgan fingerprint density at radius 2 is 1.52 bits per heavy atom. The number of methoxy groups -OCH3 is 2. The van der Waals surface area contributed by atoms with Gasteiger partial charge in [-0.2, -0.15) is 0 Å². The molecule has 1 aliphatic heterocycles. The molecule has 2 aromatic rings. The van der Waals surface area contributed by atoms with E-state index in [1.807, 2.05) is 36.4 Å². The summed E-state index contributed by atoms with van der Waals surface area (Å²) in [5.74, 6) is 1.70. The molecule has 25 heavy (non-hydrogen) atoms. The topological polar surface area (TPSA) is 47.9 Å². The lowest BCUT2D eigenvalue weighted by atomic mass is 9.93. The lowest BCUT2D eigenvalue weighted by Crippen LogP contribution is -2.31. The number of hydrogen-bond acceptors (Lipinski definition) is 4. The van der Waals surface area contributed by atoms with Crippen LogP contribution in [0.25, 0.3) is 0 Å². The van der Waals surface area contributed by atoms with Crippen LogP contribution in [-0.4, -0.2) is 31.5 Å². The Labute approximate surface area is 149 Å². The maximum atomic E-state index is 10.3. The highest BCUT2D eigenvalue weighted by Gasteiger charge is 2.29. The van der Waals surface area contributed by atoms with E-state index >= 15 is 0 Å². The molecule has 1 saturated heterocycles. The molecule has 2 aromatic carbocycles. The van der Waals surface area contributed by atoms with Gasteiger partial charge < -0.3 is 19.3 Å². The van der Waals surface area contributed by atoms with Gasteiger partial charge in [0.25, 0.3) is 0 Å². The van der Waals surface area contributed by atoms with Gasteiger partial charge in [-0.1, -0.05) is 24.3 Å². The lowest BCUT2D eigenvalue weighted by molar-refractivity contribution is -0.0998. The van der Waals surface area contributed by atoms with Crippen molar-refractivity contribution < 1.29 is 19.3 Å². The second kappa shape index (κ2) is 8.37. The van der Waals surface area contributed by atoms with E-state index in [-0.39, 0.29) is 18.3 Å². The van der Waals surface area contributed by atoms with Crippen LogP contribution in [0.1, 0.15) is 36.5 Å². The molecule has 3 atom stereocenters. The largest absolute Gasteiger partial charge is 0.497 e. The molecule has 0 aliphatic carbocycles. The van der Waals surface area contributed by atoms with E-state index in [1.165, 1.54) is 5.56 Å². The number of aryl methyl sites for hydroxylation is 1. The van der Waals surface area contributed by atoms with Gasteiger partial charge in [-0.05, 0) is 54.7 Å². The molecule has 4 heteroatoms. The summed E-state index contributed by atoms with van der Waals surface area (Å²) in [6, 6.07) is 16.0. The summed E-state index contributed by atoms with van der Waals surface area (Å²) in [5.41, 5.74) is 2.35. The first-order valence-electron chi connectivity index (χ1n) is 8.78. The zero-order valence-electron chi connectivity index (χ0n) is 14.9. The van der Waals surface area contributed by atoms with Gasteiger partial charge in [0.05, 0.1) is 32.5 Å². The summed E-state index contributed by atoms with van der Waals surface area (Å²) in [7, 11) is 3.33. The standard InChI is InChI=1S/C21H26O4/c1-23-18-8-3-15(4-9-18)5-10-20-13-17(22)14-21(25-20)16-6-11-19(24-2)12-7-16/h3-4,6-9,11-12,17,20-22H,5,10,13-14H2,1-2H3/t17-,20+,21+/m0/s1. The van der Waals surface area contributed by atoms with Gasteiger partial charge in [-0.15, -0.1) is 0 Å². The average Bonchev–Trinajstić information content (AvgIpc) is 2.66. The molecule has 0 radical (unpaired) electrons. The highest BCUT2D eigenvalue weighted by molar-refractivity contribution is 5.29. The quantitative estimate of drug-likeness (QED) is 0.864. The van der Waals surface area contributed by atoms with E-state index < -0.39 is 0 Å². The van der Waals surface area contributed by atoms with Crippen LogP contribution >= 0.6 is 0 Å². The molecule has 1 N–H and O–H groups in total. The molecule has 1 heterocycles. The van der Waals surface area contributed by atoms with Gasteiger partial charge in [0.1, 0.15) is 11.5 Å². The van der Waals surface area contributed by atoms with E-state index in [9.17, 15) is 5.11 Å². The van der Waals surface area contributed by atoms with Crippen LogP contribution in [0.3, 0.4) is 0 Å². The number of aliphatic hydroxyl groups excluding tert-OH is 1. The highest BCUT2D eigenvalue weighted by Crippen LogP contribution is 2.33. The molecule has 1 fully saturated rings. The highest BCUT2D eigenvalue weighted by atomic mass is 16.5. The van der Waals surface area contributed by atoms with E-state index in [0.29, 0.717) is 12.8 Å². The zero-order valence-corrected chi connectivity index (χ0v) is 14.9. The summed E-state index contributed by atoms with van der Waals surface area (Å²) in [4.78, 5) is 0. The third kappa shape index (κ3) is 4.74. The van der Waals surface area contributed by atoms with Crippen LogP contribution in [0, 0.1) is 0 Å². The zero-order chi connectivity index (χ0) is 17.6. The molecule has 0 unspecified atom stereocenters. The van der Waals surface area contributed by atoms with Crippen molar-refractivity contribution in [3.05, 3.63) is 59.7 Å². The second-order valence-corrected chi connectivity index (χ2v) is 6.53. The first-order chi connectivity index (χ1) is 12.2. The summed E-state index contributed by atoms with van der Waals surface area (Å²) < 4.78 is 16.7. The Hall–Kier alpha value is -2.04. The fourth-order valence-corrected chi connectivity index (χ4v) is 3.33. The Morgan fingerprint density at radius 3 is 2.12 bits per heavy atom. The number of aliphatic hydroxyl groups is 1. The molecule has 0 spiro atoms. The van der Waals surface area contributed by atoms with E-state index in [4.69, 9.17) is 14.2 Å². The number of hydrogen-bond donors (Lipinski definition) is 1. The van der Waals surface area contributed by atoms with Crippen molar-refractivity contribution >= 4 is 0 Å². The molecular weight excluding hydrogens is 316 g/mol. The number of ether oxygens (including phenoxy) is 3. The van der Waals surface area contributed by atoms with Crippen LogP contribution in [0.2, 0.25) is 0 Å². The van der Waals surface area contributed by atoms with Crippen molar-refractivity contribution in [2.24, 2.45) is 0 Å². The first-order valence-corrected chi connectivity index (χ1v) is 8.78. The number of benzene rings is 2. The predicted octanol–water partition coefficient (Wildman–Crippen LogP) is 3.92. The number of rotatable bonds is 6. The van der Waals surface area contributed by atoms with Crippen LogP contribution < -0.4 is 9.47 Å². The molecule has 134 valence electrons. The van der Waals surface area contributed by atoms with Gasteiger partial charge in [0, 0.05) is 6.42 Å². The minimum absolute atomic E-state index is 0.0597. The Kier molecular flexibility index (Phi) is 5.95. The van der Waals surface area contributed by atoms with E-state index in [0.717, 1.165) is 29.9 Å². The van der Waals surface area contributed by atoms with Gasteiger partial charge in [0.15, 0.2) is 0 Å². The first kappa shape index (κ1) is 17.8. The monoisotopic (exact) mass is 342 g/mol. The van der Waals surface area contributed by atoms with Crippen LogP contribution in [-0.2, 0) is 11.2 Å². The van der Waals surface area contributed by atoms with Crippen molar-refractivity contribution in [3.63, 3.8) is 0 Å². The van der Waals surface area contributed by atoms with E-state index in [1.54, 1.807) is 14.2 Å². The molecule has 1 aliphatic rings. The fraction of sp³-hybridized carbons (Fsp3) is 0.429. The van der Waals surface area contributed by atoms with Crippen molar-refractivity contribution in [1.82, 2.24) is 0 Å². The molecule has 0 aromatic heterocycles. The van der Waals surface area contributed by atoms with Gasteiger partial charge in [0.2, 0.25) is 0 Å². The van der Waals surface area contributed by atoms with Gasteiger partial charge in [-0.3, -0.25) is 0 Å². The van der Waals surface area contributed by atoms with Crippen molar-refractivity contribution in [2.75, 3.05) is 14.2 Å². The Balaban J connectivity index is 1.59.